The number of fused-ring (bicyclic) bond motifs is 1. The van der Waals surface area contributed by atoms with Gasteiger partial charge in [0.25, 0.3) is 0 Å². The first kappa shape index (κ1) is 26.3. The van der Waals surface area contributed by atoms with Crippen molar-refractivity contribution < 1.29 is 26.0 Å². The Balaban J connectivity index is 1.52. The summed E-state index contributed by atoms with van der Waals surface area (Å²) in [7, 11) is -4.02. The Morgan fingerprint density at radius 1 is 1.03 bits per heavy atom. The number of benzene rings is 2. The molecule has 0 radical (unpaired) electrons. The van der Waals surface area contributed by atoms with Crippen molar-refractivity contribution in [2.75, 3.05) is 10.6 Å². The zero-order valence-corrected chi connectivity index (χ0v) is 20.7. The maximum atomic E-state index is 13.8. The number of halogens is 4. The van der Waals surface area contributed by atoms with Crippen LogP contribution in [-0.2, 0) is 16.6 Å². The summed E-state index contributed by atoms with van der Waals surface area (Å²) < 4.78 is 77.9. The summed E-state index contributed by atoms with van der Waals surface area (Å²) in [5.74, 6) is -0.634. The number of rotatable bonds is 7. The van der Waals surface area contributed by atoms with Crippen molar-refractivity contribution in [2.45, 2.75) is 36.0 Å². The van der Waals surface area contributed by atoms with E-state index < -0.39 is 27.6 Å². The van der Waals surface area contributed by atoms with Crippen LogP contribution in [0.5, 0.6) is 0 Å². The van der Waals surface area contributed by atoms with Crippen LogP contribution >= 0.6 is 0 Å². The van der Waals surface area contributed by atoms with Gasteiger partial charge in [0.05, 0.1) is 27.7 Å². The highest BCUT2D eigenvalue weighted by Crippen LogP contribution is 2.51. The van der Waals surface area contributed by atoms with Gasteiger partial charge in [-0.25, -0.2) is 27.9 Å². The number of hydrogen-bond donors (Lipinski definition) is 3. The van der Waals surface area contributed by atoms with E-state index in [1.54, 1.807) is 12.1 Å². The van der Waals surface area contributed by atoms with Crippen molar-refractivity contribution in [3.63, 3.8) is 0 Å². The Bertz CT molecular complexity index is 1730. The number of pyridine rings is 1. The lowest BCUT2D eigenvalue weighted by Crippen LogP contribution is -2.39. The number of nitriles is 1. The first-order chi connectivity index (χ1) is 18.4. The molecular formula is C25H19F4N7O2S. The van der Waals surface area contributed by atoms with E-state index in [0.29, 0.717) is 16.8 Å². The molecule has 0 atom stereocenters. The molecule has 1 aliphatic carbocycles. The van der Waals surface area contributed by atoms with Gasteiger partial charge < -0.3 is 10.6 Å². The van der Waals surface area contributed by atoms with Crippen LogP contribution in [0, 0.1) is 17.1 Å². The van der Waals surface area contributed by atoms with Crippen molar-refractivity contribution >= 4 is 32.8 Å². The first-order valence-electron chi connectivity index (χ1n) is 11.5. The van der Waals surface area contributed by atoms with E-state index in [0.717, 1.165) is 6.07 Å². The molecule has 0 amide bonds. The molecule has 4 aromatic rings. The third kappa shape index (κ3) is 5.31. The molecule has 0 bridgehead atoms. The van der Waals surface area contributed by atoms with E-state index in [1.807, 2.05) is 6.07 Å². The summed E-state index contributed by atoms with van der Waals surface area (Å²) in [5.41, 5.74) is -0.446. The molecule has 1 saturated carbocycles. The summed E-state index contributed by atoms with van der Waals surface area (Å²) >= 11 is 0. The minimum atomic E-state index is -4.53. The fourth-order valence-electron chi connectivity index (χ4n) is 3.96. The number of hydrogen-bond acceptors (Lipinski definition) is 8. The van der Waals surface area contributed by atoms with Crippen molar-refractivity contribution in [3.05, 3.63) is 71.5 Å². The van der Waals surface area contributed by atoms with E-state index in [-0.39, 0.29) is 52.6 Å². The van der Waals surface area contributed by atoms with Gasteiger partial charge in [-0.3, -0.25) is 0 Å². The van der Waals surface area contributed by atoms with Crippen LogP contribution in [0.1, 0.15) is 24.0 Å². The van der Waals surface area contributed by atoms with Crippen LogP contribution < -0.4 is 15.8 Å². The fraction of sp³-hybridized carbons (Fsp3) is 0.200. The smallest absolute Gasteiger partial charge is 0.354 e. The molecule has 2 aromatic carbocycles. The van der Waals surface area contributed by atoms with Gasteiger partial charge in [-0.15, -0.1) is 0 Å². The highest BCUT2D eigenvalue weighted by Gasteiger charge is 2.64. The second-order valence-corrected chi connectivity index (χ2v) is 10.6. The van der Waals surface area contributed by atoms with Gasteiger partial charge in [-0.05, 0) is 66.9 Å². The van der Waals surface area contributed by atoms with E-state index in [9.17, 15) is 31.2 Å². The molecule has 0 aliphatic heterocycles. The van der Waals surface area contributed by atoms with Crippen molar-refractivity contribution in [2.24, 2.45) is 5.14 Å². The number of sulfonamides is 1. The van der Waals surface area contributed by atoms with Gasteiger partial charge in [-0.2, -0.15) is 23.4 Å². The maximum Gasteiger partial charge on any atom is 0.411 e. The SMILES string of the molecule is N#Cc1cc(S(N)(=O)=O)ccc1CNc1nc(NC2(C(F)(F)F)CC2)c2nc(-c3ccc(F)cc3)ccc2n1. The zero-order chi connectivity index (χ0) is 28.0. The van der Waals surface area contributed by atoms with Crippen LogP contribution in [-0.4, -0.2) is 35.1 Å². The number of anilines is 2. The van der Waals surface area contributed by atoms with Gasteiger partial charge >= 0.3 is 6.18 Å². The molecule has 1 fully saturated rings. The Morgan fingerprint density at radius 3 is 2.36 bits per heavy atom. The Labute approximate surface area is 219 Å². The number of aromatic nitrogens is 3. The van der Waals surface area contributed by atoms with Gasteiger partial charge in [0.15, 0.2) is 5.82 Å². The summed E-state index contributed by atoms with van der Waals surface area (Å²) in [6.45, 7) is -0.0375. The number of alkyl halides is 3. The molecule has 1 aliphatic rings. The van der Waals surface area contributed by atoms with Crippen molar-refractivity contribution in [1.29, 1.82) is 5.26 Å². The summed E-state index contributed by atoms with van der Waals surface area (Å²) in [5, 5.41) is 20.0. The second-order valence-electron chi connectivity index (χ2n) is 9.00. The van der Waals surface area contributed by atoms with Crippen LogP contribution in [0.25, 0.3) is 22.3 Å². The summed E-state index contributed by atoms with van der Waals surface area (Å²) in [6, 6.07) is 14.3. The van der Waals surface area contributed by atoms with Crippen LogP contribution in [0.4, 0.5) is 29.3 Å². The lowest BCUT2D eigenvalue weighted by atomic mass is 10.1. The predicted octanol–water partition coefficient (Wildman–Crippen LogP) is 4.47. The van der Waals surface area contributed by atoms with Gasteiger partial charge in [0, 0.05) is 12.1 Å². The second kappa shape index (κ2) is 9.44. The molecule has 14 heteroatoms. The van der Waals surface area contributed by atoms with Crippen molar-refractivity contribution in [3.8, 4) is 17.3 Å². The third-order valence-corrected chi connectivity index (χ3v) is 7.21. The molecule has 5 rings (SSSR count). The molecule has 200 valence electrons. The quantitative estimate of drug-likeness (QED) is 0.282. The predicted molar refractivity (Wildman–Crippen MR) is 134 cm³/mol. The molecule has 2 aromatic heterocycles. The standard InChI is InChI=1S/C25H19F4N7O2S/c26-17-4-1-14(2-5-17)19-7-8-20-21(33-19)22(36-24(9-10-24)25(27,28)29)35-23(34-20)32-13-15-3-6-18(39(31,37)38)11-16(15)12-30/h1-8,11H,9-10,13H2,(H2,31,37,38)(H2,32,34,35,36). The normalized spacial score (nSPS) is 14.6. The van der Waals surface area contributed by atoms with E-state index in [4.69, 9.17) is 5.14 Å². The monoisotopic (exact) mass is 557 g/mol. The molecule has 2 heterocycles. The van der Waals surface area contributed by atoms with Gasteiger partial charge in [0.1, 0.15) is 16.9 Å². The lowest BCUT2D eigenvalue weighted by Gasteiger charge is -2.22. The molecule has 0 unspecified atom stereocenters. The average Bonchev–Trinajstić information content (AvgIpc) is 3.68. The highest BCUT2D eigenvalue weighted by molar-refractivity contribution is 7.89. The summed E-state index contributed by atoms with van der Waals surface area (Å²) in [6.07, 6.45) is -4.80. The molecule has 0 spiro atoms. The molecule has 0 saturated heterocycles. The van der Waals surface area contributed by atoms with E-state index >= 15 is 0 Å². The highest BCUT2D eigenvalue weighted by atomic mass is 32.2. The van der Waals surface area contributed by atoms with Crippen LogP contribution in [0.15, 0.2) is 59.5 Å². The van der Waals surface area contributed by atoms with Crippen LogP contribution in [0.2, 0.25) is 0 Å². The van der Waals surface area contributed by atoms with E-state index in [1.165, 1.54) is 36.4 Å². The fourth-order valence-corrected chi connectivity index (χ4v) is 4.50. The number of nitrogens with zero attached hydrogens (tertiary/aromatic N) is 4. The Hall–Kier alpha value is -4.35. The Morgan fingerprint density at radius 2 is 1.74 bits per heavy atom. The summed E-state index contributed by atoms with van der Waals surface area (Å²) in [4.78, 5) is 12.9. The third-order valence-electron chi connectivity index (χ3n) is 6.30. The number of nitrogens with two attached hydrogens (primary N) is 1. The minimum absolute atomic E-state index is 0.0350. The van der Waals surface area contributed by atoms with Gasteiger partial charge in [0.2, 0.25) is 16.0 Å². The Kier molecular flexibility index (Phi) is 6.36. The molecule has 39 heavy (non-hydrogen) atoms. The molecular weight excluding hydrogens is 538 g/mol. The molecule has 9 nitrogen and oxygen atoms in total. The average molecular weight is 558 g/mol. The number of primary sulfonamides is 1. The first-order valence-corrected chi connectivity index (χ1v) is 13.0. The van der Waals surface area contributed by atoms with E-state index in [2.05, 4.69) is 25.6 Å². The zero-order valence-electron chi connectivity index (χ0n) is 19.9. The van der Waals surface area contributed by atoms with Crippen LogP contribution in [0.3, 0.4) is 0 Å². The number of nitrogens with one attached hydrogen (secondary N) is 2. The van der Waals surface area contributed by atoms with Gasteiger partial charge in [-0.1, -0.05) is 6.07 Å². The maximum absolute atomic E-state index is 13.8. The minimum Gasteiger partial charge on any atom is -0.354 e. The topological polar surface area (TPSA) is 147 Å². The molecule has 4 N–H and O–H groups in total. The largest absolute Gasteiger partial charge is 0.411 e. The van der Waals surface area contributed by atoms with Crippen molar-refractivity contribution in [1.82, 2.24) is 15.0 Å². The lowest BCUT2D eigenvalue weighted by molar-refractivity contribution is -0.151.